The molecule has 0 unspecified atom stereocenters. The van der Waals surface area contributed by atoms with Gasteiger partial charge in [0.25, 0.3) is 0 Å². The molecule has 0 aliphatic heterocycles. The van der Waals surface area contributed by atoms with Gasteiger partial charge >= 0.3 is 0 Å². The minimum Gasteiger partial charge on any atom is -0.300 e. The average Bonchev–Trinajstić information content (AvgIpc) is 3.03. The largest absolute Gasteiger partial charge is 0.300 e. The first-order valence-corrected chi connectivity index (χ1v) is 8.54. The molecule has 23 heavy (non-hydrogen) atoms. The smallest absolute Gasteiger partial charge is 0.236 e. The van der Waals surface area contributed by atoms with E-state index in [0.29, 0.717) is 22.3 Å². The Morgan fingerprint density at radius 1 is 1.13 bits per heavy atom. The zero-order valence-corrected chi connectivity index (χ0v) is 13.5. The van der Waals surface area contributed by atoms with Crippen LogP contribution in [0.4, 0.5) is 9.52 Å². The van der Waals surface area contributed by atoms with Gasteiger partial charge in [-0.2, -0.15) is 9.36 Å². The number of hydrogen-bond donors (Lipinski definition) is 1. The Labute approximate surface area is 140 Å². The van der Waals surface area contributed by atoms with Crippen LogP contribution in [-0.4, -0.2) is 21.0 Å². The predicted octanol–water partition coefficient (Wildman–Crippen LogP) is 4.08. The summed E-state index contributed by atoms with van der Waals surface area (Å²) in [5.41, 5.74) is 0.710. The first kappa shape index (κ1) is 15.6. The van der Waals surface area contributed by atoms with E-state index >= 15 is 0 Å². The number of anilines is 1. The van der Waals surface area contributed by atoms with Crippen LogP contribution < -0.4 is 5.32 Å². The Morgan fingerprint density at radius 3 is 2.61 bits per heavy atom. The summed E-state index contributed by atoms with van der Waals surface area (Å²) >= 11 is 2.56. The highest BCUT2D eigenvalue weighted by molar-refractivity contribution is 8.00. The lowest BCUT2D eigenvalue weighted by atomic mass is 10.2. The van der Waals surface area contributed by atoms with Crippen LogP contribution in [0.2, 0.25) is 0 Å². The van der Waals surface area contributed by atoms with E-state index in [0.717, 1.165) is 16.4 Å². The molecule has 2 aromatic carbocycles. The van der Waals surface area contributed by atoms with Crippen molar-refractivity contribution >= 4 is 34.3 Å². The predicted molar refractivity (Wildman–Crippen MR) is 91.1 cm³/mol. The lowest BCUT2D eigenvalue weighted by Gasteiger charge is -2.01. The van der Waals surface area contributed by atoms with Crippen LogP contribution in [0.5, 0.6) is 0 Å². The molecule has 1 N–H and O–H groups in total. The lowest BCUT2D eigenvalue weighted by Crippen LogP contribution is -2.13. The molecule has 0 fully saturated rings. The average molecular weight is 345 g/mol. The van der Waals surface area contributed by atoms with Crippen LogP contribution in [0, 0.1) is 5.82 Å². The van der Waals surface area contributed by atoms with Gasteiger partial charge < -0.3 is 0 Å². The number of aromatic nitrogens is 2. The van der Waals surface area contributed by atoms with Gasteiger partial charge in [0.15, 0.2) is 5.82 Å². The van der Waals surface area contributed by atoms with Crippen LogP contribution in [0.1, 0.15) is 0 Å². The molecule has 0 aliphatic rings. The van der Waals surface area contributed by atoms with Crippen LogP contribution in [-0.2, 0) is 4.79 Å². The second-order valence-corrected chi connectivity index (χ2v) is 6.38. The number of nitrogens with one attached hydrogen (secondary N) is 1. The van der Waals surface area contributed by atoms with Crippen molar-refractivity contribution in [3.05, 3.63) is 60.4 Å². The van der Waals surface area contributed by atoms with Crippen LogP contribution in [0.3, 0.4) is 0 Å². The summed E-state index contributed by atoms with van der Waals surface area (Å²) in [5, 5.41) is 3.16. The number of nitrogens with zero attached hydrogens (tertiary/aromatic N) is 2. The van der Waals surface area contributed by atoms with E-state index in [4.69, 9.17) is 0 Å². The van der Waals surface area contributed by atoms with E-state index in [1.54, 1.807) is 12.1 Å². The summed E-state index contributed by atoms with van der Waals surface area (Å²) in [5.74, 6) is 0.326. The van der Waals surface area contributed by atoms with Gasteiger partial charge in [0.2, 0.25) is 11.0 Å². The van der Waals surface area contributed by atoms with E-state index in [-0.39, 0.29) is 11.7 Å². The third-order valence-corrected chi connectivity index (χ3v) is 4.53. The Balaban J connectivity index is 1.58. The van der Waals surface area contributed by atoms with Gasteiger partial charge in [0.05, 0.1) is 5.75 Å². The minimum atomic E-state index is -0.310. The van der Waals surface area contributed by atoms with Crippen molar-refractivity contribution in [2.45, 2.75) is 4.90 Å². The van der Waals surface area contributed by atoms with Crippen molar-refractivity contribution in [3.8, 4) is 11.4 Å². The normalized spacial score (nSPS) is 10.5. The molecule has 4 nitrogen and oxygen atoms in total. The number of hydrogen-bond acceptors (Lipinski definition) is 5. The zero-order chi connectivity index (χ0) is 16.1. The second-order valence-electron chi connectivity index (χ2n) is 4.58. The van der Waals surface area contributed by atoms with Gasteiger partial charge in [0.1, 0.15) is 5.82 Å². The highest BCUT2D eigenvalue weighted by Gasteiger charge is 2.10. The molecule has 0 spiro atoms. The standard InChI is InChI=1S/C16H12FN3OS2/c17-12-8-6-11(7-9-12)15-19-16(23-20-15)18-14(21)10-22-13-4-2-1-3-5-13/h1-9H,10H2,(H,18,19,20,21). The van der Waals surface area contributed by atoms with E-state index in [9.17, 15) is 9.18 Å². The van der Waals surface area contributed by atoms with Crippen molar-refractivity contribution in [2.24, 2.45) is 0 Å². The van der Waals surface area contributed by atoms with E-state index in [2.05, 4.69) is 14.7 Å². The van der Waals surface area contributed by atoms with Gasteiger partial charge in [-0.1, -0.05) is 18.2 Å². The van der Waals surface area contributed by atoms with Gasteiger partial charge in [0, 0.05) is 22.0 Å². The van der Waals surface area contributed by atoms with Crippen LogP contribution in [0.15, 0.2) is 59.5 Å². The fourth-order valence-corrected chi connectivity index (χ4v) is 3.14. The molecule has 0 saturated heterocycles. The second kappa shape index (κ2) is 7.34. The maximum atomic E-state index is 12.9. The fraction of sp³-hybridized carbons (Fsp3) is 0.0625. The number of benzene rings is 2. The third kappa shape index (κ3) is 4.37. The molecule has 116 valence electrons. The Bertz CT molecular complexity index is 791. The first-order valence-electron chi connectivity index (χ1n) is 6.78. The van der Waals surface area contributed by atoms with Crippen molar-refractivity contribution < 1.29 is 9.18 Å². The molecule has 0 atom stereocenters. The minimum absolute atomic E-state index is 0.138. The zero-order valence-electron chi connectivity index (χ0n) is 11.9. The molecule has 0 aliphatic carbocycles. The van der Waals surface area contributed by atoms with Crippen molar-refractivity contribution in [1.82, 2.24) is 9.36 Å². The van der Waals surface area contributed by atoms with Crippen LogP contribution in [0.25, 0.3) is 11.4 Å². The number of carbonyl (C=O) groups is 1. The molecule has 0 saturated carbocycles. The molecule has 7 heteroatoms. The molecule has 1 heterocycles. The molecule has 1 aromatic heterocycles. The van der Waals surface area contributed by atoms with Gasteiger partial charge in [-0.05, 0) is 36.4 Å². The fourth-order valence-electron chi connectivity index (χ4n) is 1.81. The maximum absolute atomic E-state index is 12.9. The number of thioether (sulfide) groups is 1. The van der Waals surface area contributed by atoms with Gasteiger partial charge in [-0.25, -0.2) is 4.39 Å². The Morgan fingerprint density at radius 2 is 1.87 bits per heavy atom. The summed E-state index contributed by atoms with van der Waals surface area (Å²) in [6.07, 6.45) is 0. The molecule has 3 rings (SSSR count). The molecular weight excluding hydrogens is 333 g/mol. The number of carbonyl (C=O) groups excluding carboxylic acids is 1. The molecular formula is C16H12FN3OS2. The third-order valence-electron chi connectivity index (χ3n) is 2.89. The van der Waals surface area contributed by atoms with E-state index in [1.165, 1.54) is 23.9 Å². The van der Waals surface area contributed by atoms with E-state index < -0.39 is 0 Å². The number of halogens is 1. The van der Waals surface area contributed by atoms with Crippen LogP contribution >= 0.6 is 23.3 Å². The van der Waals surface area contributed by atoms with Crippen molar-refractivity contribution in [1.29, 1.82) is 0 Å². The number of rotatable bonds is 5. The molecule has 3 aromatic rings. The van der Waals surface area contributed by atoms with E-state index in [1.807, 2.05) is 30.3 Å². The topological polar surface area (TPSA) is 54.9 Å². The Kier molecular flexibility index (Phi) is 4.99. The lowest BCUT2D eigenvalue weighted by molar-refractivity contribution is -0.113. The summed E-state index contributed by atoms with van der Waals surface area (Å²) in [6.45, 7) is 0. The highest BCUT2D eigenvalue weighted by Crippen LogP contribution is 2.22. The molecule has 0 radical (unpaired) electrons. The number of amides is 1. The Hall–Kier alpha value is -2.25. The maximum Gasteiger partial charge on any atom is 0.236 e. The highest BCUT2D eigenvalue weighted by atomic mass is 32.2. The summed E-state index contributed by atoms with van der Waals surface area (Å²) in [4.78, 5) is 17.2. The van der Waals surface area contributed by atoms with Crippen molar-refractivity contribution in [3.63, 3.8) is 0 Å². The van der Waals surface area contributed by atoms with Gasteiger partial charge in [-0.15, -0.1) is 11.8 Å². The SMILES string of the molecule is O=C(CSc1ccccc1)Nc1nc(-c2ccc(F)cc2)ns1. The van der Waals surface area contributed by atoms with Gasteiger partial charge in [-0.3, -0.25) is 10.1 Å². The van der Waals surface area contributed by atoms with Crippen molar-refractivity contribution in [2.75, 3.05) is 11.1 Å². The quantitative estimate of drug-likeness (QED) is 0.708. The summed E-state index contributed by atoms with van der Waals surface area (Å²) < 4.78 is 17.1. The molecule has 0 bridgehead atoms. The molecule has 1 amide bonds. The summed E-state index contributed by atoms with van der Waals surface area (Å²) in [7, 11) is 0. The summed E-state index contributed by atoms with van der Waals surface area (Å²) in [6, 6.07) is 15.6. The first-order chi connectivity index (χ1) is 11.2. The monoisotopic (exact) mass is 345 g/mol.